The fourth-order valence-electron chi connectivity index (χ4n) is 1.94. The Hall–Kier alpha value is -2.34. The maximum Gasteiger partial charge on any atom is 0.202 e. The number of furan rings is 1. The fourth-order valence-corrected chi connectivity index (χ4v) is 2.52. The van der Waals surface area contributed by atoms with Crippen molar-refractivity contribution in [1.29, 1.82) is 0 Å². The zero-order chi connectivity index (χ0) is 14.5. The maximum absolute atomic E-state index is 5.26. The minimum Gasteiger partial charge on any atom is -0.497 e. The highest BCUT2D eigenvalue weighted by Gasteiger charge is 2.06. The van der Waals surface area contributed by atoms with E-state index in [-0.39, 0.29) is 0 Å². The summed E-state index contributed by atoms with van der Waals surface area (Å²) in [5.74, 6) is 2.52. The normalized spacial score (nSPS) is 10.5. The first-order valence-electron chi connectivity index (χ1n) is 6.55. The van der Waals surface area contributed by atoms with Crippen molar-refractivity contribution >= 4 is 16.7 Å². The van der Waals surface area contributed by atoms with Crippen LogP contribution in [-0.2, 0) is 13.0 Å². The van der Waals surface area contributed by atoms with E-state index < -0.39 is 0 Å². The van der Waals surface area contributed by atoms with Crippen LogP contribution in [0, 0.1) is 0 Å². The third-order valence-electron chi connectivity index (χ3n) is 2.96. The van der Waals surface area contributed by atoms with Crippen LogP contribution in [0.4, 0.5) is 5.13 Å². The van der Waals surface area contributed by atoms with Gasteiger partial charge in [0.15, 0.2) is 0 Å². The Morgan fingerprint density at radius 3 is 3.05 bits per heavy atom. The number of methoxy groups -OCH3 is 1. The lowest BCUT2D eigenvalue weighted by molar-refractivity contribution is 0.414. The molecule has 3 rings (SSSR count). The van der Waals surface area contributed by atoms with Crippen molar-refractivity contribution in [3.05, 3.63) is 59.8 Å². The number of nitrogens with zero attached hydrogens (tertiary/aromatic N) is 2. The summed E-state index contributed by atoms with van der Waals surface area (Å²) in [6.07, 6.45) is 2.35. The molecule has 0 bridgehead atoms. The molecule has 0 saturated carbocycles. The molecule has 2 aromatic heterocycles. The van der Waals surface area contributed by atoms with Crippen LogP contribution in [0.2, 0.25) is 0 Å². The molecule has 0 unspecified atom stereocenters. The van der Waals surface area contributed by atoms with E-state index in [9.17, 15) is 0 Å². The number of hydrogen-bond donors (Lipinski definition) is 1. The Balaban J connectivity index is 1.61. The second kappa shape index (κ2) is 6.41. The maximum atomic E-state index is 5.26. The average molecular weight is 301 g/mol. The summed E-state index contributed by atoms with van der Waals surface area (Å²) in [6, 6.07) is 11.7. The SMILES string of the molecule is COc1cccc(Cc2nsc(NCc3ccco3)n2)c1. The van der Waals surface area contributed by atoms with Gasteiger partial charge in [-0.1, -0.05) is 12.1 Å². The number of benzene rings is 1. The van der Waals surface area contributed by atoms with E-state index in [1.165, 1.54) is 11.5 Å². The van der Waals surface area contributed by atoms with Gasteiger partial charge in [-0.3, -0.25) is 0 Å². The monoisotopic (exact) mass is 301 g/mol. The minimum absolute atomic E-state index is 0.612. The smallest absolute Gasteiger partial charge is 0.202 e. The highest BCUT2D eigenvalue weighted by atomic mass is 32.1. The summed E-state index contributed by atoms with van der Waals surface area (Å²) in [5.41, 5.74) is 1.13. The molecule has 108 valence electrons. The Labute approximate surface area is 126 Å². The third kappa shape index (κ3) is 3.61. The summed E-state index contributed by atoms with van der Waals surface area (Å²) in [5, 5.41) is 4.00. The van der Waals surface area contributed by atoms with E-state index >= 15 is 0 Å². The summed E-state index contributed by atoms with van der Waals surface area (Å²) in [7, 11) is 1.66. The molecule has 0 spiro atoms. The molecular formula is C15H15N3O2S. The van der Waals surface area contributed by atoms with Crippen LogP contribution in [0.15, 0.2) is 47.1 Å². The number of anilines is 1. The molecule has 2 heterocycles. The number of ether oxygens (including phenoxy) is 1. The van der Waals surface area contributed by atoms with Crippen LogP contribution < -0.4 is 10.1 Å². The van der Waals surface area contributed by atoms with E-state index in [4.69, 9.17) is 9.15 Å². The van der Waals surface area contributed by atoms with Gasteiger partial charge >= 0.3 is 0 Å². The summed E-state index contributed by atoms with van der Waals surface area (Å²) >= 11 is 1.36. The lowest BCUT2D eigenvalue weighted by Crippen LogP contribution is -1.98. The summed E-state index contributed by atoms with van der Waals surface area (Å²) in [4.78, 5) is 4.47. The topological polar surface area (TPSA) is 60.2 Å². The molecule has 5 nitrogen and oxygen atoms in total. The molecule has 1 aromatic carbocycles. The van der Waals surface area contributed by atoms with E-state index in [0.717, 1.165) is 28.0 Å². The van der Waals surface area contributed by atoms with Crippen molar-refractivity contribution in [3.63, 3.8) is 0 Å². The van der Waals surface area contributed by atoms with Crippen LogP contribution in [0.1, 0.15) is 17.1 Å². The highest BCUT2D eigenvalue weighted by Crippen LogP contribution is 2.18. The molecule has 3 aromatic rings. The largest absolute Gasteiger partial charge is 0.497 e. The van der Waals surface area contributed by atoms with Crippen molar-refractivity contribution in [3.8, 4) is 5.75 Å². The van der Waals surface area contributed by atoms with Gasteiger partial charge in [-0.15, -0.1) is 0 Å². The second-order valence-electron chi connectivity index (χ2n) is 4.48. The van der Waals surface area contributed by atoms with Crippen molar-refractivity contribution in [1.82, 2.24) is 9.36 Å². The van der Waals surface area contributed by atoms with Gasteiger partial charge in [0.2, 0.25) is 5.13 Å². The number of rotatable bonds is 6. The predicted molar refractivity (Wildman–Crippen MR) is 81.7 cm³/mol. The van der Waals surface area contributed by atoms with Gasteiger partial charge in [-0.2, -0.15) is 4.37 Å². The third-order valence-corrected chi connectivity index (χ3v) is 3.67. The van der Waals surface area contributed by atoms with Gasteiger partial charge in [-0.25, -0.2) is 4.98 Å². The first kappa shape index (κ1) is 13.6. The molecule has 0 atom stereocenters. The van der Waals surface area contributed by atoms with Gasteiger partial charge in [0.25, 0.3) is 0 Å². The van der Waals surface area contributed by atoms with Crippen LogP contribution >= 0.6 is 11.5 Å². The quantitative estimate of drug-likeness (QED) is 0.756. The van der Waals surface area contributed by atoms with Crippen LogP contribution in [0.5, 0.6) is 5.75 Å². The molecular weight excluding hydrogens is 286 g/mol. The molecule has 1 N–H and O–H groups in total. The lowest BCUT2D eigenvalue weighted by Gasteiger charge is -2.02. The van der Waals surface area contributed by atoms with Crippen molar-refractivity contribution in [2.24, 2.45) is 0 Å². The van der Waals surface area contributed by atoms with Gasteiger partial charge in [0, 0.05) is 18.0 Å². The van der Waals surface area contributed by atoms with Gasteiger partial charge in [0.05, 0.1) is 19.9 Å². The lowest BCUT2D eigenvalue weighted by atomic mass is 10.1. The molecule has 0 saturated heterocycles. The molecule has 0 aliphatic carbocycles. The molecule has 21 heavy (non-hydrogen) atoms. The molecule has 0 amide bonds. The number of aromatic nitrogens is 2. The molecule has 0 aliphatic rings. The Kier molecular flexibility index (Phi) is 4.16. The first-order chi connectivity index (χ1) is 10.3. The van der Waals surface area contributed by atoms with Gasteiger partial charge in [0.1, 0.15) is 17.3 Å². The van der Waals surface area contributed by atoms with Crippen LogP contribution in [-0.4, -0.2) is 16.5 Å². The van der Waals surface area contributed by atoms with Crippen molar-refractivity contribution in [2.45, 2.75) is 13.0 Å². The zero-order valence-corrected chi connectivity index (χ0v) is 12.4. The van der Waals surface area contributed by atoms with Crippen molar-refractivity contribution in [2.75, 3.05) is 12.4 Å². The van der Waals surface area contributed by atoms with E-state index in [1.54, 1.807) is 13.4 Å². The molecule has 0 radical (unpaired) electrons. The molecule has 0 fully saturated rings. The minimum atomic E-state index is 0.612. The summed E-state index contributed by atoms with van der Waals surface area (Å²) < 4.78 is 14.8. The van der Waals surface area contributed by atoms with E-state index in [1.807, 2.05) is 36.4 Å². The summed E-state index contributed by atoms with van der Waals surface area (Å²) in [6.45, 7) is 0.612. The van der Waals surface area contributed by atoms with Gasteiger partial charge < -0.3 is 14.5 Å². The Morgan fingerprint density at radius 1 is 1.29 bits per heavy atom. The van der Waals surface area contributed by atoms with E-state index in [2.05, 4.69) is 14.7 Å². The van der Waals surface area contributed by atoms with Crippen molar-refractivity contribution < 1.29 is 9.15 Å². The van der Waals surface area contributed by atoms with Gasteiger partial charge in [-0.05, 0) is 29.8 Å². The molecule has 6 heteroatoms. The molecule has 0 aliphatic heterocycles. The van der Waals surface area contributed by atoms with Crippen LogP contribution in [0.3, 0.4) is 0 Å². The zero-order valence-electron chi connectivity index (χ0n) is 11.6. The Bertz CT molecular complexity index is 695. The number of nitrogens with one attached hydrogen (secondary N) is 1. The average Bonchev–Trinajstić information content (AvgIpc) is 3.17. The Morgan fingerprint density at radius 2 is 2.24 bits per heavy atom. The first-order valence-corrected chi connectivity index (χ1v) is 7.32. The predicted octanol–water partition coefficient (Wildman–Crippen LogP) is 3.34. The standard InChI is InChI=1S/C15H15N3O2S/c1-19-12-5-2-4-11(8-12)9-14-17-15(21-18-14)16-10-13-6-3-7-20-13/h2-8H,9-10H2,1H3,(H,16,17,18). The van der Waals surface area contributed by atoms with E-state index in [0.29, 0.717) is 13.0 Å². The number of hydrogen-bond acceptors (Lipinski definition) is 6. The fraction of sp³-hybridized carbons (Fsp3) is 0.200. The highest BCUT2D eigenvalue weighted by molar-refractivity contribution is 7.09. The van der Waals surface area contributed by atoms with Crippen LogP contribution in [0.25, 0.3) is 0 Å². The second-order valence-corrected chi connectivity index (χ2v) is 5.23.